The smallest absolute Gasteiger partial charge is 0.301 e. The Hall–Kier alpha value is -3.62. The molecule has 178 valence electrons. The van der Waals surface area contributed by atoms with Gasteiger partial charge in [0.05, 0.1) is 23.5 Å². The van der Waals surface area contributed by atoms with Crippen LogP contribution in [0.3, 0.4) is 0 Å². The van der Waals surface area contributed by atoms with Crippen LogP contribution in [0.1, 0.15) is 19.3 Å². The predicted molar refractivity (Wildman–Crippen MR) is 132 cm³/mol. The Kier molecular flexibility index (Phi) is 6.72. The molecule has 11 heteroatoms. The maximum atomic E-state index is 12.3. The third kappa shape index (κ3) is 4.98. The van der Waals surface area contributed by atoms with Gasteiger partial charge in [-0.25, -0.2) is 4.98 Å². The lowest BCUT2D eigenvalue weighted by Gasteiger charge is -2.34. The fourth-order valence-electron chi connectivity index (χ4n) is 3.96. The molecule has 0 bridgehead atoms. The molecule has 4 heterocycles. The molecule has 3 N–H and O–H groups in total. The van der Waals surface area contributed by atoms with Crippen LogP contribution in [0.25, 0.3) is 22.3 Å². The molecule has 1 atom stereocenters. The Labute approximate surface area is 199 Å². The van der Waals surface area contributed by atoms with Crippen LogP contribution in [0.5, 0.6) is 0 Å². The van der Waals surface area contributed by atoms with Crippen molar-refractivity contribution in [3.8, 4) is 23.6 Å². The number of amides is 1. The maximum absolute atomic E-state index is 12.3. The quantitative estimate of drug-likeness (QED) is 0.445. The lowest BCUT2D eigenvalue weighted by atomic mass is 10.0. The molecule has 4 rings (SSSR count). The normalized spacial score (nSPS) is 16.4. The maximum Gasteiger partial charge on any atom is 0.301 e. The molecular formula is C23H27N7O3S. The van der Waals surface area contributed by atoms with E-state index < -0.39 is 10.2 Å². The molecular weight excluding hydrogens is 454 g/mol. The number of piperidine rings is 1. The lowest BCUT2D eigenvalue weighted by Crippen LogP contribution is -2.45. The van der Waals surface area contributed by atoms with E-state index >= 15 is 0 Å². The van der Waals surface area contributed by atoms with E-state index in [0.29, 0.717) is 30.1 Å². The second-order valence-electron chi connectivity index (χ2n) is 8.31. The number of rotatable bonds is 7. The number of carbonyl (C=O) groups excluding carboxylic acids is 1. The van der Waals surface area contributed by atoms with Gasteiger partial charge in [0, 0.05) is 62.8 Å². The second-order valence-corrected chi connectivity index (χ2v) is 10.2. The van der Waals surface area contributed by atoms with Gasteiger partial charge in [0.15, 0.2) is 0 Å². The summed E-state index contributed by atoms with van der Waals surface area (Å²) in [7, 11) is -0.747. The molecule has 0 aliphatic carbocycles. The van der Waals surface area contributed by atoms with E-state index in [1.165, 1.54) is 14.1 Å². The summed E-state index contributed by atoms with van der Waals surface area (Å²) in [4.78, 5) is 26.2. The molecule has 3 aromatic rings. The first-order valence-electron chi connectivity index (χ1n) is 10.9. The van der Waals surface area contributed by atoms with E-state index in [0.717, 1.165) is 33.8 Å². The Morgan fingerprint density at radius 2 is 2.18 bits per heavy atom. The van der Waals surface area contributed by atoms with E-state index in [9.17, 15) is 13.2 Å². The summed E-state index contributed by atoms with van der Waals surface area (Å²) in [6.07, 6.45) is 12.2. The number of aromatic amines is 1. The van der Waals surface area contributed by atoms with Crippen molar-refractivity contribution in [2.75, 3.05) is 37.2 Å². The van der Waals surface area contributed by atoms with Crippen LogP contribution in [0.15, 0.2) is 36.8 Å². The lowest BCUT2D eigenvalue weighted by molar-refractivity contribution is -0.131. The number of H-pyrrole nitrogens is 1. The number of terminal acetylenes is 1. The highest BCUT2D eigenvalue weighted by Crippen LogP contribution is 2.34. The third-order valence-electron chi connectivity index (χ3n) is 5.73. The van der Waals surface area contributed by atoms with Gasteiger partial charge in [-0.2, -0.15) is 12.7 Å². The van der Waals surface area contributed by atoms with E-state index in [-0.39, 0.29) is 18.4 Å². The molecule has 3 aromatic heterocycles. The van der Waals surface area contributed by atoms with Crippen LogP contribution in [-0.2, 0) is 15.0 Å². The predicted octanol–water partition coefficient (Wildman–Crippen LogP) is 2.27. The molecule has 1 fully saturated rings. The number of hydrogen-bond donors (Lipinski definition) is 3. The molecule has 1 saturated heterocycles. The number of nitrogens with zero attached hydrogens (tertiary/aromatic N) is 4. The number of pyridine rings is 2. The minimum absolute atomic E-state index is 0.0187. The number of nitrogens with one attached hydrogen (secondary N) is 3. The molecule has 1 amide bonds. The van der Waals surface area contributed by atoms with Crippen molar-refractivity contribution in [2.24, 2.45) is 0 Å². The first kappa shape index (κ1) is 23.5. The molecule has 1 aliphatic rings. The van der Waals surface area contributed by atoms with Crippen molar-refractivity contribution in [3.63, 3.8) is 0 Å². The summed E-state index contributed by atoms with van der Waals surface area (Å²) in [6.45, 7) is 1.24. The molecule has 1 aliphatic heterocycles. The van der Waals surface area contributed by atoms with Crippen molar-refractivity contribution >= 4 is 38.5 Å². The monoisotopic (exact) mass is 481 g/mol. The largest absolute Gasteiger partial charge is 0.379 e. The van der Waals surface area contributed by atoms with E-state index in [2.05, 4.69) is 30.9 Å². The minimum atomic E-state index is -3.66. The summed E-state index contributed by atoms with van der Waals surface area (Å²) in [5, 5.41) is 4.48. The van der Waals surface area contributed by atoms with Gasteiger partial charge >= 0.3 is 10.2 Å². The Balaban J connectivity index is 1.67. The summed E-state index contributed by atoms with van der Waals surface area (Å²) in [5.74, 6) is 2.38. The SMILES string of the molecule is C#CCC(=O)N1CCC[C@@H](Nc2c(-c3cc(NS(=O)(=O)N(C)C)ccn3)cnc3[nH]ccc23)C1. The van der Waals surface area contributed by atoms with E-state index in [1.54, 1.807) is 29.4 Å². The van der Waals surface area contributed by atoms with Crippen LogP contribution < -0.4 is 10.0 Å². The van der Waals surface area contributed by atoms with Gasteiger partial charge in [0.1, 0.15) is 5.65 Å². The Morgan fingerprint density at radius 1 is 1.35 bits per heavy atom. The molecule has 0 radical (unpaired) electrons. The highest BCUT2D eigenvalue weighted by Gasteiger charge is 2.25. The van der Waals surface area contributed by atoms with Crippen molar-refractivity contribution in [1.29, 1.82) is 0 Å². The highest BCUT2D eigenvalue weighted by molar-refractivity contribution is 7.90. The number of carbonyl (C=O) groups is 1. The summed E-state index contributed by atoms with van der Waals surface area (Å²) in [6, 6.07) is 5.21. The molecule has 0 unspecified atom stereocenters. The third-order valence-corrected chi connectivity index (χ3v) is 7.18. The summed E-state index contributed by atoms with van der Waals surface area (Å²) < 4.78 is 28.2. The molecule has 0 saturated carbocycles. The van der Waals surface area contributed by atoms with Crippen molar-refractivity contribution in [2.45, 2.75) is 25.3 Å². The fourth-order valence-corrected chi connectivity index (χ4v) is 4.57. The van der Waals surface area contributed by atoms with Gasteiger partial charge < -0.3 is 15.2 Å². The zero-order valence-electron chi connectivity index (χ0n) is 19.1. The fraction of sp³-hybridized carbons (Fsp3) is 0.348. The first-order chi connectivity index (χ1) is 16.3. The van der Waals surface area contributed by atoms with Crippen LogP contribution in [0, 0.1) is 12.3 Å². The Bertz CT molecular complexity index is 1340. The summed E-state index contributed by atoms with van der Waals surface area (Å²) in [5.41, 5.74) is 3.22. The number of anilines is 2. The highest BCUT2D eigenvalue weighted by atomic mass is 32.2. The van der Waals surface area contributed by atoms with Crippen molar-refractivity contribution in [3.05, 3.63) is 36.8 Å². The van der Waals surface area contributed by atoms with Crippen molar-refractivity contribution in [1.82, 2.24) is 24.2 Å². The van der Waals surface area contributed by atoms with Gasteiger partial charge in [-0.15, -0.1) is 6.42 Å². The first-order valence-corrected chi connectivity index (χ1v) is 12.3. The topological polar surface area (TPSA) is 123 Å². The zero-order valence-corrected chi connectivity index (χ0v) is 19.9. The number of fused-ring (bicyclic) bond motifs is 1. The minimum Gasteiger partial charge on any atom is -0.379 e. The molecule has 10 nitrogen and oxygen atoms in total. The summed E-state index contributed by atoms with van der Waals surface area (Å²) >= 11 is 0. The molecule has 0 spiro atoms. The van der Waals surface area contributed by atoms with E-state index in [1.807, 2.05) is 12.3 Å². The van der Waals surface area contributed by atoms with Gasteiger partial charge in [-0.1, -0.05) is 5.92 Å². The number of aromatic nitrogens is 3. The van der Waals surface area contributed by atoms with Gasteiger partial charge in [0.2, 0.25) is 5.91 Å². The van der Waals surface area contributed by atoms with Crippen LogP contribution in [0.2, 0.25) is 0 Å². The second kappa shape index (κ2) is 9.70. The standard InChI is InChI=1S/C23H27N7O3S/c1-4-6-21(31)30-12-5-7-17(15-30)27-22-18-9-11-25-23(18)26-14-19(22)20-13-16(8-10-24-20)28-34(32,33)29(2)3/h1,8-11,13-14,17H,5-7,12,15H2,2-3H3,(H,24,28)(H2,25,26,27)/t17-/m1/s1. The Morgan fingerprint density at radius 3 is 2.94 bits per heavy atom. The molecule has 0 aromatic carbocycles. The van der Waals surface area contributed by atoms with E-state index in [4.69, 9.17) is 6.42 Å². The van der Waals surface area contributed by atoms with Gasteiger partial charge in [0.25, 0.3) is 0 Å². The van der Waals surface area contributed by atoms with Crippen LogP contribution in [-0.4, -0.2) is 71.7 Å². The number of hydrogen-bond acceptors (Lipinski definition) is 6. The number of likely N-dealkylation sites (tertiary alicyclic amines) is 1. The average molecular weight is 482 g/mol. The molecule has 34 heavy (non-hydrogen) atoms. The van der Waals surface area contributed by atoms with Gasteiger partial charge in [-0.05, 0) is 31.0 Å². The average Bonchev–Trinajstić information content (AvgIpc) is 3.29. The van der Waals surface area contributed by atoms with Crippen LogP contribution in [0.4, 0.5) is 11.4 Å². The van der Waals surface area contributed by atoms with Crippen molar-refractivity contribution < 1.29 is 13.2 Å². The van der Waals surface area contributed by atoms with Gasteiger partial charge in [-0.3, -0.25) is 14.5 Å². The zero-order chi connectivity index (χ0) is 24.3. The van der Waals surface area contributed by atoms with Crippen LogP contribution >= 0.6 is 0 Å².